The second-order valence-corrected chi connectivity index (χ2v) is 12.5. The SMILES string of the molecule is Cn1c(C(=O)NC2CCC2)cc(-c2cc(C(C)(C)C)nc(C3(C)CC3)n2)c1CC1CCCCC1. The van der Waals surface area contributed by atoms with Crippen molar-refractivity contribution < 1.29 is 4.79 Å². The molecule has 0 unspecified atom stereocenters. The van der Waals surface area contributed by atoms with Gasteiger partial charge in [0.05, 0.1) is 11.4 Å². The van der Waals surface area contributed by atoms with E-state index < -0.39 is 0 Å². The molecule has 3 aliphatic carbocycles. The van der Waals surface area contributed by atoms with E-state index in [4.69, 9.17) is 9.97 Å². The minimum absolute atomic E-state index is 0.0551. The lowest BCUT2D eigenvalue weighted by Crippen LogP contribution is -2.40. The largest absolute Gasteiger partial charge is 0.348 e. The summed E-state index contributed by atoms with van der Waals surface area (Å²) in [5.74, 6) is 1.72. The van der Waals surface area contributed by atoms with Crippen LogP contribution < -0.4 is 5.32 Å². The maximum Gasteiger partial charge on any atom is 0.268 e. The van der Waals surface area contributed by atoms with Crippen molar-refractivity contribution in [1.29, 1.82) is 0 Å². The van der Waals surface area contributed by atoms with Crippen LogP contribution in [-0.4, -0.2) is 26.5 Å². The number of hydrogen-bond donors (Lipinski definition) is 1. The van der Waals surface area contributed by atoms with Gasteiger partial charge < -0.3 is 9.88 Å². The van der Waals surface area contributed by atoms with E-state index in [1.165, 1.54) is 44.2 Å². The molecule has 34 heavy (non-hydrogen) atoms. The molecule has 184 valence electrons. The Morgan fingerprint density at radius 1 is 1.06 bits per heavy atom. The number of aromatic nitrogens is 3. The van der Waals surface area contributed by atoms with Crippen LogP contribution in [0.25, 0.3) is 11.3 Å². The van der Waals surface area contributed by atoms with Crippen molar-refractivity contribution in [2.45, 2.75) is 115 Å². The summed E-state index contributed by atoms with van der Waals surface area (Å²) in [4.78, 5) is 23.4. The molecule has 1 N–H and O–H groups in total. The zero-order valence-corrected chi connectivity index (χ0v) is 21.8. The van der Waals surface area contributed by atoms with Crippen molar-refractivity contribution in [3.63, 3.8) is 0 Å². The first kappa shape index (κ1) is 23.6. The normalized spacial score (nSPS) is 20.7. The fraction of sp³-hybridized carbons (Fsp3) is 0.690. The Labute approximate surface area is 205 Å². The summed E-state index contributed by atoms with van der Waals surface area (Å²) >= 11 is 0. The van der Waals surface area contributed by atoms with E-state index in [9.17, 15) is 4.79 Å². The number of nitrogens with one attached hydrogen (secondary N) is 1. The number of carbonyl (C=O) groups is 1. The minimum Gasteiger partial charge on any atom is -0.348 e. The van der Waals surface area contributed by atoms with Crippen molar-refractivity contribution in [3.05, 3.63) is 35.0 Å². The summed E-state index contributed by atoms with van der Waals surface area (Å²) in [6.45, 7) is 8.96. The summed E-state index contributed by atoms with van der Waals surface area (Å²) in [6, 6.07) is 4.63. The van der Waals surface area contributed by atoms with Gasteiger partial charge in [0.2, 0.25) is 0 Å². The molecule has 5 heteroatoms. The predicted octanol–water partition coefficient (Wildman–Crippen LogP) is 6.24. The molecule has 3 aliphatic rings. The molecule has 0 atom stereocenters. The molecule has 5 rings (SSSR count). The first-order valence-corrected chi connectivity index (χ1v) is 13.5. The first-order chi connectivity index (χ1) is 16.1. The van der Waals surface area contributed by atoms with Gasteiger partial charge in [0.1, 0.15) is 11.5 Å². The number of rotatable bonds is 6. The molecule has 3 saturated carbocycles. The third kappa shape index (κ3) is 4.67. The molecule has 1 amide bonds. The van der Waals surface area contributed by atoms with E-state index in [1.54, 1.807) is 0 Å². The van der Waals surface area contributed by atoms with E-state index in [2.05, 4.69) is 56.8 Å². The average molecular weight is 463 g/mol. The highest BCUT2D eigenvalue weighted by atomic mass is 16.2. The van der Waals surface area contributed by atoms with Gasteiger partial charge in [-0.15, -0.1) is 0 Å². The molecule has 0 spiro atoms. The highest BCUT2D eigenvalue weighted by Gasteiger charge is 2.43. The molecular weight excluding hydrogens is 420 g/mol. The monoisotopic (exact) mass is 462 g/mol. The first-order valence-electron chi connectivity index (χ1n) is 13.5. The Morgan fingerprint density at radius 3 is 2.35 bits per heavy atom. The van der Waals surface area contributed by atoms with Gasteiger partial charge in [-0.3, -0.25) is 4.79 Å². The van der Waals surface area contributed by atoms with Gasteiger partial charge >= 0.3 is 0 Å². The van der Waals surface area contributed by atoms with Crippen LogP contribution in [0.15, 0.2) is 12.1 Å². The molecule has 2 aromatic heterocycles. The van der Waals surface area contributed by atoms with Crippen molar-refractivity contribution in [1.82, 2.24) is 19.9 Å². The number of carbonyl (C=O) groups excluding carboxylic acids is 1. The molecule has 0 aliphatic heterocycles. The van der Waals surface area contributed by atoms with Crippen LogP contribution in [0, 0.1) is 5.92 Å². The summed E-state index contributed by atoms with van der Waals surface area (Å²) < 4.78 is 2.16. The van der Waals surface area contributed by atoms with E-state index in [0.717, 1.165) is 60.6 Å². The fourth-order valence-corrected chi connectivity index (χ4v) is 5.46. The molecule has 0 aromatic carbocycles. The third-order valence-electron chi connectivity index (χ3n) is 8.55. The van der Waals surface area contributed by atoms with Gasteiger partial charge in [-0.1, -0.05) is 59.8 Å². The van der Waals surface area contributed by atoms with Crippen LogP contribution in [-0.2, 0) is 24.3 Å². The maximum atomic E-state index is 13.3. The zero-order valence-electron chi connectivity index (χ0n) is 21.8. The molecule has 0 bridgehead atoms. The summed E-state index contributed by atoms with van der Waals surface area (Å²) in [6.07, 6.45) is 13.3. The second-order valence-electron chi connectivity index (χ2n) is 12.5. The maximum absolute atomic E-state index is 13.3. The molecule has 0 saturated heterocycles. The van der Waals surface area contributed by atoms with E-state index in [0.29, 0.717) is 12.0 Å². The molecule has 5 nitrogen and oxygen atoms in total. The second kappa shape index (κ2) is 8.80. The average Bonchev–Trinajstić information content (AvgIpc) is 3.45. The summed E-state index contributed by atoms with van der Waals surface area (Å²) in [5, 5.41) is 3.26. The molecule has 2 heterocycles. The van der Waals surface area contributed by atoms with Crippen molar-refractivity contribution >= 4 is 5.91 Å². The van der Waals surface area contributed by atoms with Crippen molar-refractivity contribution in [2.75, 3.05) is 0 Å². The van der Waals surface area contributed by atoms with Crippen LogP contribution in [0.1, 0.15) is 120 Å². The van der Waals surface area contributed by atoms with Gasteiger partial charge in [-0.2, -0.15) is 0 Å². The Bertz CT molecular complexity index is 1040. The molecule has 0 radical (unpaired) electrons. The standard InChI is InChI=1S/C29H42N4O/c1-28(2,3)25-18-22(31-27(32-25)29(4)14-15-29)21-17-24(26(34)30-20-12-9-13-20)33(5)23(21)16-19-10-7-6-8-11-19/h17-20H,6-16H2,1-5H3,(H,30,34). The van der Waals surface area contributed by atoms with Crippen LogP contribution in [0.4, 0.5) is 0 Å². The topological polar surface area (TPSA) is 59.8 Å². The third-order valence-corrected chi connectivity index (χ3v) is 8.55. The fourth-order valence-electron chi connectivity index (χ4n) is 5.46. The van der Waals surface area contributed by atoms with Gasteiger partial charge in [-0.25, -0.2) is 9.97 Å². The van der Waals surface area contributed by atoms with Crippen molar-refractivity contribution in [3.8, 4) is 11.3 Å². The number of nitrogens with zero attached hydrogens (tertiary/aromatic N) is 3. The van der Waals surface area contributed by atoms with E-state index in [1.807, 2.05) is 0 Å². The lowest BCUT2D eigenvalue weighted by atomic mass is 9.85. The highest BCUT2D eigenvalue weighted by Crippen LogP contribution is 2.47. The Morgan fingerprint density at radius 2 is 1.76 bits per heavy atom. The Kier molecular flexibility index (Phi) is 6.10. The summed E-state index contributed by atoms with van der Waals surface area (Å²) in [5.41, 5.74) is 5.28. The minimum atomic E-state index is -0.0551. The number of hydrogen-bond acceptors (Lipinski definition) is 3. The van der Waals surface area contributed by atoms with E-state index >= 15 is 0 Å². The Hall–Kier alpha value is -2.17. The van der Waals surface area contributed by atoms with Crippen LogP contribution in [0.5, 0.6) is 0 Å². The van der Waals surface area contributed by atoms with Crippen molar-refractivity contribution in [2.24, 2.45) is 13.0 Å². The van der Waals surface area contributed by atoms with Crippen LogP contribution in [0.2, 0.25) is 0 Å². The summed E-state index contributed by atoms with van der Waals surface area (Å²) in [7, 11) is 2.08. The smallest absolute Gasteiger partial charge is 0.268 e. The predicted molar refractivity (Wildman–Crippen MR) is 137 cm³/mol. The lowest BCUT2D eigenvalue weighted by Gasteiger charge is -2.26. The van der Waals surface area contributed by atoms with Crippen LogP contribution >= 0.6 is 0 Å². The van der Waals surface area contributed by atoms with Gasteiger partial charge in [0.25, 0.3) is 5.91 Å². The number of amides is 1. The Balaban J connectivity index is 1.58. The lowest BCUT2D eigenvalue weighted by molar-refractivity contribution is 0.0908. The molecule has 2 aromatic rings. The molecular formula is C29H42N4O. The zero-order chi connectivity index (χ0) is 24.1. The molecule has 3 fully saturated rings. The quantitative estimate of drug-likeness (QED) is 0.553. The van der Waals surface area contributed by atoms with Gasteiger partial charge in [0.15, 0.2) is 0 Å². The van der Waals surface area contributed by atoms with E-state index in [-0.39, 0.29) is 16.7 Å². The van der Waals surface area contributed by atoms with Crippen LogP contribution in [0.3, 0.4) is 0 Å². The van der Waals surface area contributed by atoms with Gasteiger partial charge in [-0.05, 0) is 56.6 Å². The highest BCUT2D eigenvalue weighted by molar-refractivity contribution is 5.95. The van der Waals surface area contributed by atoms with Gasteiger partial charge in [0, 0.05) is 35.2 Å².